The highest BCUT2D eigenvalue weighted by atomic mass is 35.5. The molecule has 0 unspecified atom stereocenters. The van der Waals surface area contributed by atoms with Crippen molar-refractivity contribution in [2.75, 3.05) is 28.5 Å². The van der Waals surface area contributed by atoms with Gasteiger partial charge in [-0.15, -0.1) is 0 Å². The largest absolute Gasteiger partial charge is 0.454 e. The Balaban J connectivity index is 1.39. The Labute approximate surface area is 216 Å². The number of benzene rings is 2. The van der Waals surface area contributed by atoms with Crippen LogP contribution in [0.5, 0.6) is 11.5 Å². The molecule has 1 aliphatic carbocycles. The van der Waals surface area contributed by atoms with Gasteiger partial charge in [0.1, 0.15) is 17.5 Å². The predicted molar refractivity (Wildman–Crippen MR) is 138 cm³/mol. The third-order valence-corrected chi connectivity index (χ3v) is 7.48. The van der Waals surface area contributed by atoms with E-state index in [4.69, 9.17) is 21.1 Å². The summed E-state index contributed by atoms with van der Waals surface area (Å²) in [5, 5.41) is 6.14. The van der Waals surface area contributed by atoms with Crippen LogP contribution in [-0.4, -0.2) is 52.3 Å². The summed E-state index contributed by atoms with van der Waals surface area (Å²) in [6.07, 6.45) is 3.95. The van der Waals surface area contributed by atoms with Gasteiger partial charge >= 0.3 is 0 Å². The number of anilines is 2. The maximum atomic E-state index is 13.2. The van der Waals surface area contributed by atoms with Crippen LogP contribution in [0.3, 0.4) is 0 Å². The average molecular weight is 534 g/mol. The van der Waals surface area contributed by atoms with E-state index in [1.807, 2.05) is 0 Å². The quantitative estimate of drug-likeness (QED) is 0.511. The van der Waals surface area contributed by atoms with Gasteiger partial charge in [-0.3, -0.25) is 23.5 Å². The van der Waals surface area contributed by atoms with Gasteiger partial charge in [0.15, 0.2) is 11.5 Å². The fraction of sp³-hybridized carbons (Fsp3) is 0.400. The zero-order chi connectivity index (χ0) is 25.7. The molecule has 11 heteroatoms. The molecule has 3 amide bonds. The Morgan fingerprint density at radius 3 is 2.47 bits per heavy atom. The van der Waals surface area contributed by atoms with Crippen LogP contribution in [0.25, 0.3) is 0 Å². The minimum atomic E-state index is -1.80. The molecular formula is C25H28ClN3O6S. The van der Waals surface area contributed by atoms with Crippen molar-refractivity contribution in [3.05, 3.63) is 47.5 Å². The second-order valence-electron chi connectivity index (χ2n) is 8.75. The summed E-state index contributed by atoms with van der Waals surface area (Å²) in [5.74, 6) is -1.03. The Kier molecular flexibility index (Phi) is 8.48. The molecule has 1 heterocycles. The van der Waals surface area contributed by atoms with E-state index < -0.39 is 34.4 Å². The van der Waals surface area contributed by atoms with Crippen molar-refractivity contribution < 1.29 is 28.1 Å². The number of carbonyl (C=O) groups excluding carboxylic acids is 3. The highest BCUT2D eigenvalue weighted by Crippen LogP contribution is 2.34. The van der Waals surface area contributed by atoms with Gasteiger partial charge in [-0.05, 0) is 56.2 Å². The molecule has 0 aromatic heterocycles. The second-order valence-corrected chi connectivity index (χ2v) is 10.6. The van der Waals surface area contributed by atoms with Crippen LogP contribution in [0.4, 0.5) is 11.4 Å². The Bertz CT molecular complexity index is 1150. The molecule has 1 fully saturated rings. The van der Waals surface area contributed by atoms with Crippen molar-refractivity contribution >= 4 is 51.5 Å². The maximum absolute atomic E-state index is 13.2. The molecule has 9 nitrogen and oxygen atoms in total. The van der Waals surface area contributed by atoms with Crippen LogP contribution in [0.2, 0.25) is 5.02 Å². The first-order valence-electron chi connectivity index (χ1n) is 11.7. The lowest BCUT2D eigenvalue weighted by molar-refractivity contribution is -0.125. The van der Waals surface area contributed by atoms with Gasteiger partial charge in [0.05, 0.1) is 0 Å². The molecule has 2 aliphatic rings. The Morgan fingerprint density at radius 2 is 1.75 bits per heavy atom. The second kappa shape index (κ2) is 11.7. The molecule has 4 rings (SSSR count). The molecule has 192 valence electrons. The maximum Gasteiger partial charge on any atom is 0.243 e. The predicted octanol–water partition coefficient (Wildman–Crippen LogP) is 3.24. The number of nitrogens with one attached hydrogen (secondary N) is 2. The molecule has 0 radical (unpaired) electrons. The fourth-order valence-corrected chi connectivity index (χ4v) is 5.28. The molecule has 0 bridgehead atoms. The topological polar surface area (TPSA) is 114 Å². The van der Waals surface area contributed by atoms with Crippen LogP contribution in [0.15, 0.2) is 42.5 Å². The number of fused-ring (bicyclic) bond motifs is 1. The number of nitrogens with zero attached hydrogens (tertiary/aromatic N) is 1. The monoisotopic (exact) mass is 533 g/mol. The smallest absolute Gasteiger partial charge is 0.243 e. The summed E-state index contributed by atoms with van der Waals surface area (Å²) >= 11 is 6.00. The number of hydrogen-bond donors (Lipinski definition) is 2. The summed E-state index contributed by atoms with van der Waals surface area (Å²) in [7, 11) is -1.80. The number of carbonyl (C=O) groups is 3. The first-order chi connectivity index (χ1) is 17.3. The number of halogens is 1. The summed E-state index contributed by atoms with van der Waals surface area (Å²) < 4.78 is 23.3. The molecule has 2 aromatic rings. The normalized spacial score (nSPS) is 16.3. The molecule has 1 aliphatic heterocycles. The van der Waals surface area contributed by atoms with Gasteiger partial charge in [-0.25, -0.2) is 0 Å². The van der Waals surface area contributed by atoms with E-state index in [1.165, 1.54) is 4.90 Å². The van der Waals surface area contributed by atoms with E-state index in [0.717, 1.165) is 25.7 Å². The highest BCUT2D eigenvalue weighted by Gasteiger charge is 2.30. The molecule has 2 atom stereocenters. The summed E-state index contributed by atoms with van der Waals surface area (Å²) in [4.78, 5) is 39.9. The van der Waals surface area contributed by atoms with Crippen molar-refractivity contribution in [2.24, 2.45) is 0 Å². The van der Waals surface area contributed by atoms with Crippen molar-refractivity contribution in [1.29, 1.82) is 0 Å². The standard InChI is InChI=1S/C25H28ClN3O6S/c1-16(25(32)28-18-4-2-3-5-18)29(20-9-6-17(26)7-10-20)24(31)14-36(33)13-23(30)27-19-8-11-21-22(12-19)35-15-34-21/h6-12,16,18H,2-5,13-15H2,1H3,(H,27,30)(H,28,32)/t16-,36-/m1/s1. The molecule has 2 N–H and O–H groups in total. The minimum absolute atomic E-state index is 0.0936. The van der Waals surface area contributed by atoms with Crippen molar-refractivity contribution in [2.45, 2.75) is 44.7 Å². The summed E-state index contributed by atoms with van der Waals surface area (Å²) in [6, 6.07) is 10.7. The van der Waals surface area contributed by atoms with Crippen molar-refractivity contribution in [1.82, 2.24) is 5.32 Å². The zero-order valence-electron chi connectivity index (χ0n) is 19.8. The SMILES string of the molecule is C[C@H](C(=O)NC1CCCC1)N(C(=O)C[S@](=O)CC(=O)Nc1ccc2c(c1)OCO2)c1ccc(Cl)cc1. The van der Waals surface area contributed by atoms with Gasteiger partial charge in [-0.1, -0.05) is 24.4 Å². The Hall–Kier alpha value is -3.11. The van der Waals surface area contributed by atoms with E-state index in [2.05, 4.69) is 10.6 Å². The summed E-state index contributed by atoms with van der Waals surface area (Å²) in [5.41, 5.74) is 0.924. The average Bonchev–Trinajstić information content (AvgIpc) is 3.51. The number of hydrogen-bond acceptors (Lipinski definition) is 6. The number of rotatable bonds is 9. The number of ether oxygens (including phenoxy) is 2. The molecule has 0 saturated heterocycles. The first kappa shape index (κ1) is 26.0. The molecule has 1 saturated carbocycles. The summed E-state index contributed by atoms with van der Waals surface area (Å²) in [6.45, 7) is 1.74. The van der Waals surface area contributed by atoms with Gasteiger partial charge in [0.2, 0.25) is 24.5 Å². The van der Waals surface area contributed by atoms with Gasteiger partial charge < -0.3 is 20.1 Å². The van der Waals surface area contributed by atoms with E-state index in [9.17, 15) is 18.6 Å². The first-order valence-corrected chi connectivity index (χ1v) is 13.6. The van der Waals surface area contributed by atoms with Gasteiger partial charge in [-0.2, -0.15) is 0 Å². The van der Waals surface area contributed by atoms with Gasteiger partial charge in [0, 0.05) is 39.3 Å². The number of amides is 3. The molecule has 2 aromatic carbocycles. The fourth-order valence-electron chi connectivity index (χ4n) is 4.27. The van der Waals surface area contributed by atoms with Crippen molar-refractivity contribution in [3.63, 3.8) is 0 Å². The van der Waals surface area contributed by atoms with E-state index in [0.29, 0.717) is 27.9 Å². The van der Waals surface area contributed by atoms with E-state index in [-0.39, 0.29) is 24.5 Å². The lowest BCUT2D eigenvalue weighted by Crippen LogP contribution is -2.51. The lowest BCUT2D eigenvalue weighted by atomic mass is 10.1. The third kappa shape index (κ3) is 6.55. The molecule has 0 spiro atoms. The highest BCUT2D eigenvalue weighted by molar-refractivity contribution is 7.86. The van der Waals surface area contributed by atoms with E-state index in [1.54, 1.807) is 49.4 Å². The zero-order valence-corrected chi connectivity index (χ0v) is 21.4. The van der Waals surface area contributed by atoms with Crippen LogP contribution < -0.4 is 25.0 Å². The van der Waals surface area contributed by atoms with Gasteiger partial charge in [0.25, 0.3) is 0 Å². The lowest BCUT2D eigenvalue weighted by Gasteiger charge is -2.29. The van der Waals surface area contributed by atoms with Crippen LogP contribution in [0, 0.1) is 0 Å². The van der Waals surface area contributed by atoms with Crippen LogP contribution >= 0.6 is 11.6 Å². The third-order valence-electron chi connectivity index (χ3n) is 6.07. The molecular weight excluding hydrogens is 506 g/mol. The van der Waals surface area contributed by atoms with Crippen molar-refractivity contribution in [3.8, 4) is 11.5 Å². The minimum Gasteiger partial charge on any atom is -0.454 e. The van der Waals surface area contributed by atoms with Crippen LogP contribution in [-0.2, 0) is 25.2 Å². The van der Waals surface area contributed by atoms with E-state index >= 15 is 0 Å². The van der Waals surface area contributed by atoms with Crippen LogP contribution in [0.1, 0.15) is 32.6 Å². The Morgan fingerprint density at radius 1 is 1.06 bits per heavy atom. The molecule has 36 heavy (non-hydrogen) atoms.